The molecule has 0 bridgehead atoms. The van der Waals surface area contributed by atoms with Crippen molar-refractivity contribution in [3.8, 4) is 0 Å². The summed E-state index contributed by atoms with van der Waals surface area (Å²) in [6.07, 6.45) is 0.129. The maximum absolute atomic E-state index is 7.06. The number of aryl methyl sites for hydroxylation is 6. The van der Waals surface area contributed by atoms with E-state index in [0.717, 1.165) is 0 Å². The smallest absolute Gasteiger partial charge is 0.288 e. The summed E-state index contributed by atoms with van der Waals surface area (Å²) in [4.78, 5) is 0. The lowest BCUT2D eigenvalue weighted by atomic mass is 10.1. The predicted octanol–water partition coefficient (Wildman–Crippen LogP) is 4.93. The van der Waals surface area contributed by atoms with Gasteiger partial charge in [0.1, 0.15) is 0 Å². The molecule has 0 unspecified atom stereocenters. The molecule has 3 aromatic carbocycles. The Balaban J connectivity index is 2.47. The van der Waals surface area contributed by atoms with Crippen LogP contribution in [0.4, 0.5) is 0 Å². The molecule has 0 radical (unpaired) electrons. The minimum absolute atomic E-state index is 0.129. The fraction of sp³-hybridized carbons (Fsp3) is 0.333. The van der Waals surface area contributed by atoms with Gasteiger partial charge in [-0.2, -0.15) is 0 Å². The predicted molar refractivity (Wildman–Crippen MR) is 129 cm³/mol. The normalized spacial score (nSPS) is 11.9. The average Bonchev–Trinajstić information content (AvgIpc) is 2.56. The zero-order valence-electron chi connectivity index (χ0n) is 19.2. The largest absolute Gasteiger partial charge is 0.402 e. The van der Waals surface area contributed by atoms with Crippen molar-refractivity contribution in [1.82, 2.24) is 0 Å². The molecule has 0 aliphatic carbocycles. The first-order valence-corrected chi connectivity index (χ1v) is 12.4. The monoisotopic (exact) mass is 402 g/mol. The van der Waals surface area contributed by atoms with Crippen molar-refractivity contribution >= 4 is 23.9 Å². The second kappa shape index (κ2) is 8.29. The Morgan fingerprint density at radius 2 is 0.724 bits per heavy atom. The van der Waals surface area contributed by atoms with Gasteiger partial charge in [-0.3, -0.25) is 0 Å². The molecule has 0 saturated heterocycles. The Hall–Kier alpha value is -2.16. The summed E-state index contributed by atoms with van der Waals surface area (Å²) < 4.78 is 7.06. The molecule has 0 aliphatic rings. The molecule has 1 nitrogen and oxygen atoms in total. The van der Waals surface area contributed by atoms with E-state index in [1.54, 1.807) is 0 Å². The van der Waals surface area contributed by atoms with E-state index in [1.807, 2.05) is 0 Å². The Morgan fingerprint density at radius 1 is 0.483 bits per heavy atom. The summed E-state index contributed by atoms with van der Waals surface area (Å²) in [6, 6.07) is 20.8. The van der Waals surface area contributed by atoms with Crippen LogP contribution in [-0.2, 0) is 4.43 Å². The first-order valence-electron chi connectivity index (χ1n) is 10.5. The third-order valence-corrected chi connectivity index (χ3v) is 9.43. The summed E-state index contributed by atoms with van der Waals surface area (Å²) in [5.74, 6) is 0. The molecule has 0 aromatic heterocycles. The highest BCUT2D eigenvalue weighted by Crippen LogP contribution is 2.17. The zero-order chi connectivity index (χ0) is 21.3. The van der Waals surface area contributed by atoms with Crippen molar-refractivity contribution in [2.75, 3.05) is 0 Å². The summed E-state index contributed by atoms with van der Waals surface area (Å²) in [5.41, 5.74) is 7.74. The molecule has 0 atom stereocenters. The molecule has 29 heavy (non-hydrogen) atoms. The Kier molecular flexibility index (Phi) is 6.16. The van der Waals surface area contributed by atoms with E-state index in [-0.39, 0.29) is 6.10 Å². The summed E-state index contributed by atoms with van der Waals surface area (Å²) in [6.45, 7) is 17.5. The van der Waals surface area contributed by atoms with E-state index in [0.29, 0.717) is 0 Å². The molecular weight excluding hydrogens is 368 g/mol. The standard InChI is InChI=1S/C27H34OSi/c1-18(2)28-29(25-12-19(3)9-20(4)13-25,26-14-21(5)10-22(6)15-26)27-16-23(7)11-24(8)17-27/h9-18H,1-8H3. The second-order valence-corrected chi connectivity index (χ2v) is 12.3. The highest BCUT2D eigenvalue weighted by atomic mass is 28.4. The highest BCUT2D eigenvalue weighted by molar-refractivity contribution is 7.07. The average molecular weight is 403 g/mol. The van der Waals surface area contributed by atoms with Crippen molar-refractivity contribution in [3.05, 3.63) is 88.0 Å². The van der Waals surface area contributed by atoms with Crippen molar-refractivity contribution in [3.63, 3.8) is 0 Å². The van der Waals surface area contributed by atoms with Gasteiger partial charge in [-0.05, 0) is 71.0 Å². The van der Waals surface area contributed by atoms with Crippen LogP contribution in [0.3, 0.4) is 0 Å². The molecule has 0 aliphatic heterocycles. The van der Waals surface area contributed by atoms with Crippen LogP contribution in [0, 0.1) is 41.5 Å². The summed E-state index contributed by atoms with van der Waals surface area (Å²) in [7, 11) is -2.68. The van der Waals surface area contributed by atoms with Gasteiger partial charge < -0.3 is 4.43 Å². The highest BCUT2D eigenvalue weighted by Gasteiger charge is 2.43. The fourth-order valence-corrected chi connectivity index (χ4v) is 9.29. The fourth-order valence-electron chi connectivity index (χ4n) is 4.59. The van der Waals surface area contributed by atoms with Crippen molar-refractivity contribution in [2.45, 2.75) is 61.5 Å². The molecule has 0 fully saturated rings. The summed E-state index contributed by atoms with van der Waals surface area (Å²) >= 11 is 0. The van der Waals surface area contributed by atoms with E-state index >= 15 is 0 Å². The molecule has 3 aromatic rings. The maximum atomic E-state index is 7.06. The van der Waals surface area contributed by atoms with Crippen molar-refractivity contribution in [1.29, 1.82) is 0 Å². The molecule has 0 amide bonds. The lowest BCUT2D eigenvalue weighted by Crippen LogP contribution is -2.70. The Morgan fingerprint density at radius 3 is 0.931 bits per heavy atom. The summed E-state index contributed by atoms with van der Waals surface area (Å²) in [5, 5.41) is 4.00. The first-order chi connectivity index (χ1) is 13.6. The topological polar surface area (TPSA) is 9.23 Å². The second-order valence-electron chi connectivity index (χ2n) is 8.98. The van der Waals surface area contributed by atoms with E-state index < -0.39 is 8.32 Å². The molecule has 2 heteroatoms. The van der Waals surface area contributed by atoms with Gasteiger partial charge in [-0.25, -0.2) is 0 Å². The van der Waals surface area contributed by atoms with Gasteiger partial charge in [0, 0.05) is 6.10 Å². The minimum atomic E-state index is -2.68. The van der Waals surface area contributed by atoms with Crippen LogP contribution in [0.1, 0.15) is 47.2 Å². The van der Waals surface area contributed by atoms with Crippen LogP contribution in [-0.4, -0.2) is 14.4 Å². The first kappa shape index (κ1) is 21.5. The lowest BCUT2D eigenvalue weighted by Gasteiger charge is -2.36. The van der Waals surface area contributed by atoms with E-state index in [4.69, 9.17) is 4.43 Å². The van der Waals surface area contributed by atoms with E-state index in [2.05, 4.69) is 110 Å². The quantitative estimate of drug-likeness (QED) is 0.434. The molecule has 0 N–H and O–H groups in total. The Bertz CT molecular complexity index is 847. The van der Waals surface area contributed by atoms with Crippen LogP contribution in [0.25, 0.3) is 0 Å². The number of hydrogen-bond donors (Lipinski definition) is 0. The van der Waals surface area contributed by atoms with Crippen molar-refractivity contribution < 1.29 is 4.43 Å². The molecule has 0 heterocycles. The van der Waals surface area contributed by atoms with Crippen LogP contribution < -0.4 is 15.6 Å². The molecular formula is C27H34OSi. The third kappa shape index (κ3) is 4.54. The molecule has 0 saturated carbocycles. The third-order valence-electron chi connectivity index (χ3n) is 5.30. The van der Waals surface area contributed by atoms with Crippen LogP contribution in [0.5, 0.6) is 0 Å². The van der Waals surface area contributed by atoms with Gasteiger partial charge in [0.05, 0.1) is 0 Å². The van der Waals surface area contributed by atoms with Gasteiger partial charge >= 0.3 is 0 Å². The van der Waals surface area contributed by atoms with Crippen LogP contribution in [0.15, 0.2) is 54.6 Å². The molecule has 152 valence electrons. The van der Waals surface area contributed by atoms with Crippen LogP contribution >= 0.6 is 0 Å². The van der Waals surface area contributed by atoms with E-state index in [9.17, 15) is 0 Å². The van der Waals surface area contributed by atoms with Gasteiger partial charge in [0.25, 0.3) is 8.32 Å². The molecule has 3 rings (SSSR count). The van der Waals surface area contributed by atoms with Gasteiger partial charge in [0.15, 0.2) is 0 Å². The Labute approximate surface area is 177 Å². The zero-order valence-corrected chi connectivity index (χ0v) is 20.2. The maximum Gasteiger partial charge on any atom is 0.288 e. The lowest BCUT2D eigenvalue weighted by molar-refractivity contribution is 0.245. The molecule has 0 spiro atoms. The van der Waals surface area contributed by atoms with Gasteiger partial charge in [-0.15, -0.1) is 0 Å². The number of benzene rings is 3. The van der Waals surface area contributed by atoms with E-state index in [1.165, 1.54) is 48.9 Å². The van der Waals surface area contributed by atoms with Gasteiger partial charge in [0.2, 0.25) is 0 Å². The minimum Gasteiger partial charge on any atom is -0.402 e. The SMILES string of the molecule is Cc1cc(C)cc([Si](OC(C)C)(c2cc(C)cc(C)c2)c2cc(C)cc(C)c2)c1. The van der Waals surface area contributed by atoms with Crippen LogP contribution in [0.2, 0.25) is 0 Å². The van der Waals surface area contributed by atoms with Gasteiger partial charge in [-0.1, -0.05) is 88.0 Å². The number of hydrogen-bond acceptors (Lipinski definition) is 1. The van der Waals surface area contributed by atoms with Crippen molar-refractivity contribution in [2.24, 2.45) is 0 Å². The number of rotatable bonds is 5.